The first-order chi connectivity index (χ1) is 7.97. The summed E-state index contributed by atoms with van der Waals surface area (Å²) in [6.45, 7) is 5.35. The molecule has 5 heteroatoms. The molecule has 0 saturated carbocycles. The second kappa shape index (κ2) is 5.89. The Balaban J connectivity index is 2.29. The second-order valence-electron chi connectivity index (χ2n) is 4.27. The van der Waals surface area contributed by atoms with Crippen LogP contribution >= 0.6 is 0 Å². The number of hydrogen-bond donors (Lipinski definition) is 1. The van der Waals surface area contributed by atoms with E-state index in [1.165, 1.54) is 6.21 Å². The van der Waals surface area contributed by atoms with Crippen molar-refractivity contribution in [2.24, 2.45) is 5.10 Å². The van der Waals surface area contributed by atoms with Crippen molar-refractivity contribution in [2.75, 3.05) is 0 Å². The average Bonchev–Trinajstić information content (AvgIpc) is 2.67. The minimum Gasteiger partial charge on any atom is -0.465 e. The monoisotopic (exact) mass is 236 g/mol. The lowest BCUT2D eigenvalue weighted by Gasteiger charge is -2.18. The summed E-state index contributed by atoms with van der Waals surface area (Å²) in [6, 6.07) is 3.60. The number of hydrazone groups is 1. The van der Waals surface area contributed by atoms with E-state index in [1.807, 2.05) is 6.07 Å². The lowest BCUT2D eigenvalue weighted by Crippen LogP contribution is -2.29. The lowest BCUT2D eigenvalue weighted by molar-refractivity contribution is 0.0529. The van der Waals surface area contributed by atoms with Crippen molar-refractivity contribution in [3.05, 3.63) is 30.2 Å². The summed E-state index contributed by atoms with van der Waals surface area (Å²) in [4.78, 5) is 11.2. The van der Waals surface area contributed by atoms with Gasteiger partial charge in [0.05, 0.1) is 6.26 Å². The summed E-state index contributed by atoms with van der Waals surface area (Å²) < 4.78 is 10.1. The average molecular weight is 236 g/mol. The van der Waals surface area contributed by atoms with Gasteiger partial charge in [-0.3, -0.25) is 0 Å². The highest BCUT2D eigenvalue weighted by molar-refractivity contribution is 5.78. The number of allylic oxidation sites excluding steroid dienone is 1. The highest BCUT2D eigenvalue weighted by Gasteiger charge is 2.15. The largest absolute Gasteiger partial charge is 0.465 e. The van der Waals surface area contributed by atoms with E-state index in [1.54, 1.807) is 45.3 Å². The van der Waals surface area contributed by atoms with Crippen molar-refractivity contribution < 1.29 is 13.9 Å². The molecule has 5 nitrogen and oxygen atoms in total. The van der Waals surface area contributed by atoms with Gasteiger partial charge in [-0.1, -0.05) is 0 Å². The summed E-state index contributed by atoms with van der Waals surface area (Å²) in [5.74, 6) is 0.716. The van der Waals surface area contributed by atoms with Gasteiger partial charge in [0, 0.05) is 6.21 Å². The minimum absolute atomic E-state index is 0.524. The lowest BCUT2D eigenvalue weighted by atomic mass is 10.2. The van der Waals surface area contributed by atoms with Crippen molar-refractivity contribution in [1.82, 2.24) is 5.43 Å². The highest BCUT2D eigenvalue weighted by Crippen LogP contribution is 2.06. The zero-order valence-corrected chi connectivity index (χ0v) is 10.1. The van der Waals surface area contributed by atoms with Crippen LogP contribution in [0, 0.1) is 0 Å². The molecule has 1 amide bonds. The third kappa shape index (κ3) is 6.19. The van der Waals surface area contributed by atoms with Crippen LogP contribution in [0.3, 0.4) is 0 Å². The standard InChI is InChI=1S/C12H16N2O3/c1-12(2,3)17-11(15)14-13-8-4-6-10-7-5-9-16-10/h4-9H,1-3H3,(H,14,15). The Morgan fingerprint density at radius 1 is 1.53 bits per heavy atom. The summed E-state index contributed by atoms with van der Waals surface area (Å²) in [5, 5.41) is 3.68. The van der Waals surface area contributed by atoms with E-state index in [2.05, 4.69) is 10.5 Å². The number of nitrogens with zero attached hydrogens (tertiary/aromatic N) is 1. The normalized spacial score (nSPS) is 12.2. The van der Waals surface area contributed by atoms with Gasteiger partial charge in [-0.15, -0.1) is 0 Å². The number of nitrogens with one attached hydrogen (secondary N) is 1. The van der Waals surface area contributed by atoms with Crippen LogP contribution in [0.1, 0.15) is 26.5 Å². The summed E-state index contributed by atoms with van der Waals surface area (Å²) in [5.41, 5.74) is 1.72. The molecular formula is C12H16N2O3. The number of hydrogen-bond acceptors (Lipinski definition) is 4. The SMILES string of the molecule is CC(C)(C)OC(=O)NN=CC=Cc1ccco1. The Kier molecular flexibility index (Phi) is 4.51. The Bertz CT molecular complexity index is 400. The molecule has 0 atom stereocenters. The molecule has 0 saturated heterocycles. The predicted molar refractivity (Wildman–Crippen MR) is 65.6 cm³/mol. The van der Waals surface area contributed by atoms with Crippen molar-refractivity contribution in [3.8, 4) is 0 Å². The van der Waals surface area contributed by atoms with Gasteiger partial charge < -0.3 is 9.15 Å². The fourth-order valence-electron chi connectivity index (χ4n) is 0.958. The molecule has 1 aromatic rings. The maximum Gasteiger partial charge on any atom is 0.428 e. The van der Waals surface area contributed by atoms with Gasteiger partial charge in [-0.2, -0.15) is 5.10 Å². The van der Waals surface area contributed by atoms with Crippen LogP contribution in [0.2, 0.25) is 0 Å². The fraction of sp³-hybridized carbons (Fsp3) is 0.333. The zero-order valence-electron chi connectivity index (χ0n) is 10.1. The van der Waals surface area contributed by atoms with E-state index in [9.17, 15) is 4.79 Å². The van der Waals surface area contributed by atoms with Gasteiger partial charge in [0.15, 0.2) is 0 Å². The Morgan fingerprint density at radius 2 is 2.29 bits per heavy atom. The number of amides is 1. The predicted octanol–water partition coefficient (Wildman–Crippen LogP) is 2.80. The van der Waals surface area contributed by atoms with E-state index in [4.69, 9.17) is 9.15 Å². The van der Waals surface area contributed by atoms with Gasteiger partial charge in [0.25, 0.3) is 0 Å². The molecule has 1 aromatic heterocycles. The minimum atomic E-state index is -0.583. The van der Waals surface area contributed by atoms with E-state index in [0.29, 0.717) is 5.76 Å². The van der Waals surface area contributed by atoms with Crippen molar-refractivity contribution in [2.45, 2.75) is 26.4 Å². The molecule has 1 N–H and O–H groups in total. The molecule has 0 aliphatic rings. The topological polar surface area (TPSA) is 63.8 Å². The van der Waals surface area contributed by atoms with Crippen LogP contribution in [-0.2, 0) is 4.74 Å². The third-order valence-electron chi connectivity index (χ3n) is 1.52. The molecule has 0 unspecified atom stereocenters. The van der Waals surface area contributed by atoms with Crippen LogP contribution in [0.4, 0.5) is 4.79 Å². The van der Waals surface area contributed by atoms with E-state index in [0.717, 1.165) is 0 Å². The number of rotatable bonds is 3. The van der Waals surface area contributed by atoms with E-state index in [-0.39, 0.29) is 0 Å². The van der Waals surface area contributed by atoms with Gasteiger partial charge in [-0.05, 0) is 45.1 Å². The zero-order chi connectivity index (χ0) is 12.7. The summed E-state index contributed by atoms with van der Waals surface area (Å²) in [6.07, 6.45) is 5.80. The Morgan fingerprint density at radius 3 is 2.88 bits per heavy atom. The number of carbonyl (C=O) groups is 1. The quantitative estimate of drug-likeness (QED) is 0.648. The molecule has 17 heavy (non-hydrogen) atoms. The number of furan rings is 1. The van der Waals surface area contributed by atoms with Crippen LogP contribution in [0.15, 0.2) is 34.0 Å². The maximum absolute atomic E-state index is 11.2. The molecule has 0 aliphatic heterocycles. The van der Waals surface area contributed by atoms with Gasteiger partial charge in [0.1, 0.15) is 11.4 Å². The van der Waals surface area contributed by atoms with Crippen LogP contribution < -0.4 is 5.43 Å². The second-order valence-corrected chi connectivity index (χ2v) is 4.27. The summed E-state index contributed by atoms with van der Waals surface area (Å²) >= 11 is 0. The van der Waals surface area contributed by atoms with Crippen LogP contribution in [0.25, 0.3) is 6.08 Å². The van der Waals surface area contributed by atoms with Crippen LogP contribution in [-0.4, -0.2) is 17.9 Å². The van der Waals surface area contributed by atoms with E-state index < -0.39 is 11.7 Å². The third-order valence-corrected chi connectivity index (χ3v) is 1.52. The first-order valence-electron chi connectivity index (χ1n) is 5.19. The van der Waals surface area contributed by atoms with E-state index >= 15 is 0 Å². The van der Waals surface area contributed by atoms with Crippen molar-refractivity contribution in [1.29, 1.82) is 0 Å². The molecule has 1 rings (SSSR count). The fourth-order valence-corrected chi connectivity index (χ4v) is 0.958. The molecule has 0 aromatic carbocycles. The molecule has 0 spiro atoms. The highest BCUT2D eigenvalue weighted by atomic mass is 16.6. The Labute approximate surface area is 100 Å². The summed E-state index contributed by atoms with van der Waals surface area (Å²) in [7, 11) is 0. The van der Waals surface area contributed by atoms with Crippen molar-refractivity contribution in [3.63, 3.8) is 0 Å². The van der Waals surface area contributed by atoms with Gasteiger partial charge in [-0.25, -0.2) is 10.2 Å². The first kappa shape index (κ1) is 13.0. The molecular weight excluding hydrogens is 220 g/mol. The number of carbonyl (C=O) groups excluding carboxylic acids is 1. The van der Waals surface area contributed by atoms with Gasteiger partial charge >= 0.3 is 6.09 Å². The Hall–Kier alpha value is -2.04. The van der Waals surface area contributed by atoms with Crippen LogP contribution in [0.5, 0.6) is 0 Å². The van der Waals surface area contributed by atoms with Crippen molar-refractivity contribution >= 4 is 18.4 Å². The first-order valence-corrected chi connectivity index (χ1v) is 5.19. The molecule has 0 bridgehead atoms. The number of ether oxygens (including phenoxy) is 1. The molecule has 0 radical (unpaired) electrons. The maximum atomic E-state index is 11.2. The molecule has 0 aliphatic carbocycles. The molecule has 92 valence electrons. The molecule has 1 heterocycles. The molecule has 0 fully saturated rings. The van der Waals surface area contributed by atoms with Gasteiger partial charge in [0.2, 0.25) is 0 Å². The smallest absolute Gasteiger partial charge is 0.428 e.